The van der Waals surface area contributed by atoms with E-state index >= 15 is 0 Å². The molecule has 0 aromatic carbocycles. The Morgan fingerprint density at radius 3 is 2.55 bits per heavy atom. The maximum absolute atomic E-state index is 10.3. The molecule has 0 spiro atoms. The fraction of sp³-hybridized carbons (Fsp3) is 0.875. The standard InChI is InChI=1S/C8H17NO2/c1-4-9(3)6-7(2)5-8(10)11/h7H,4-6H2,1-3H3,(H,10,11)/t7-/m1/s1. The van der Waals surface area contributed by atoms with Gasteiger partial charge in [-0.2, -0.15) is 0 Å². The van der Waals surface area contributed by atoms with Gasteiger partial charge in [-0.15, -0.1) is 0 Å². The zero-order chi connectivity index (χ0) is 8.85. The first kappa shape index (κ1) is 10.4. The Bertz CT molecular complexity index is 125. The first-order valence-electron chi connectivity index (χ1n) is 3.96. The van der Waals surface area contributed by atoms with Crippen molar-refractivity contribution in [2.75, 3.05) is 20.1 Å². The van der Waals surface area contributed by atoms with Gasteiger partial charge in [-0.25, -0.2) is 0 Å². The molecule has 0 fully saturated rings. The van der Waals surface area contributed by atoms with Gasteiger partial charge in [0.2, 0.25) is 0 Å². The van der Waals surface area contributed by atoms with Gasteiger partial charge in [-0.1, -0.05) is 13.8 Å². The summed E-state index contributed by atoms with van der Waals surface area (Å²) in [5.41, 5.74) is 0. The summed E-state index contributed by atoms with van der Waals surface area (Å²) in [5.74, 6) is -0.459. The molecule has 1 atom stereocenters. The Morgan fingerprint density at radius 2 is 2.18 bits per heavy atom. The van der Waals surface area contributed by atoms with Crippen molar-refractivity contribution in [2.24, 2.45) is 5.92 Å². The van der Waals surface area contributed by atoms with Gasteiger partial charge in [-0.3, -0.25) is 4.79 Å². The van der Waals surface area contributed by atoms with E-state index in [9.17, 15) is 4.79 Å². The summed E-state index contributed by atoms with van der Waals surface area (Å²) >= 11 is 0. The summed E-state index contributed by atoms with van der Waals surface area (Å²) in [6.45, 7) is 5.86. The minimum atomic E-state index is -0.706. The van der Waals surface area contributed by atoms with Crippen molar-refractivity contribution in [3.8, 4) is 0 Å². The molecule has 0 radical (unpaired) electrons. The fourth-order valence-corrected chi connectivity index (χ4v) is 1.02. The van der Waals surface area contributed by atoms with Crippen LogP contribution >= 0.6 is 0 Å². The summed E-state index contributed by atoms with van der Waals surface area (Å²) in [7, 11) is 2.00. The minimum Gasteiger partial charge on any atom is -0.481 e. The summed E-state index contributed by atoms with van der Waals surface area (Å²) in [6.07, 6.45) is 0.268. The summed E-state index contributed by atoms with van der Waals surface area (Å²) < 4.78 is 0. The molecular formula is C8H17NO2. The molecule has 11 heavy (non-hydrogen) atoms. The number of rotatable bonds is 5. The topological polar surface area (TPSA) is 40.5 Å². The second-order valence-corrected chi connectivity index (χ2v) is 3.06. The normalized spacial score (nSPS) is 13.5. The third-order valence-corrected chi connectivity index (χ3v) is 1.69. The number of carboxylic acids is 1. The van der Waals surface area contributed by atoms with E-state index in [1.54, 1.807) is 0 Å². The van der Waals surface area contributed by atoms with E-state index in [1.807, 2.05) is 14.0 Å². The molecule has 0 aliphatic carbocycles. The molecule has 66 valence electrons. The first-order valence-corrected chi connectivity index (χ1v) is 3.96. The van der Waals surface area contributed by atoms with Crippen molar-refractivity contribution < 1.29 is 9.90 Å². The zero-order valence-corrected chi connectivity index (χ0v) is 7.50. The van der Waals surface area contributed by atoms with E-state index < -0.39 is 5.97 Å². The lowest BCUT2D eigenvalue weighted by Gasteiger charge is -2.17. The number of aliphatic carboxylic acids is 1. The maximum Gasteiger partial charge on any atom is 0.303 e. The van der Waals surface area contributed by atoms with Gasteiger partial charge in [-0.05, 0) is 19.5 Å². The van der Waals surface area contributed by atoms with E-state index in [-0.39, 0.29) is 12.3 Å². The molecule has 0 saturated heterocycles. The Kier molecular flexibility index (Phi) is 4.86. The molecule has 0 aromatic rings. The molecule has 3 nitrogen and oxygen atoms in total. The largest absolute Gasteiger partial charge is 0.481 e. The van der Waals surface area contributed by atoms with Gasteiger partial charge in [0, 0.05) is 13.0 Å². The lowest BCUT2D eigenvalue weighted by Crippen LogP contribution is -2.25. The predicted octanol–water partition coefficient (Wildman–Crippen LogP) is 1.05. The van der Waals surface area contributed by atoms with Gasteiger partial charge < -0.3 is 10.0 Å². The summed E-state index contributed by atoms with van der Waals surface area (Å²) in [6, 6.07) is 0. The SMILES string of the molecule is CCN(C)C[C@H](C)CC(=O)O. The average Bonchev–Trinajstić information content (AvgIpc) is 1.85. The Balaban J connectivity index is 3.51. The van der Waals surface area contributed by atoms with Crippen LogP contribution in [0.25, 0.3) is 0 Å². The molecule has 0 heterocycles. The van der Waals surface area contributed by atoms with Crippen LogP contribution in [0.4, 0.5) is 0 Å². The van der Waals surface area contributed by atoms with Crippen LogP contribution < -0.4 is 0 Å². The Morgan fingerprint density at radius 1 is 1.64 bits per heavy atom. The molecule has 0 bridgehead atoms. The predicted molar refractivity (Wildman–Crippen MR) is 44.6 cm³/mol. The van der Waals surface area contributed by atoms with Crippen molar-refractivity contribution in [3.05, 3.63) is 0 Å². The van der Waals surface area contributed by atoms with E-state index in [0.29, 0.717) is 0 Å². The molecule has 0 amide bonds. The quantitative estimate of drug-likeness (QED) is 0.651. The lowest BCUT2D eigenvalue weighted by atomic mass is 10.1. The van der Waals surface area contributed by atoms with Crippen LogP contribution in [0.15, 0.2) is 0 Å². The lowest BCUT2D eigenvalue weighted by molar-refractivity contribution is -0.138. The van der Waals surface area contributed by atoms with Crippen LogP contribution in [0.3, 0.4) is 0 Å². The van der Waals surface area contributed by atoms with Crippen molar-refractivity contribution in [2.45, 2.75) is 20.3 Å². The van der Waals surface area contributed by atoms with Crippen molar-refractivity contribution in [1.82, 2.24) is 4.90 Å². The van der Waals surface area contributed by atoms with Gasteiger partial charge in [0.25, 0.3) is 0 Å². The smallest absolute Gasteiger partial charge is 0.303 e. The third-order valence-electron chi connectivity index (χ3n) is 1.69. The van der Waals surface area contributed by atoms with E-state index in [1.165, 1.54) is 0 Å². The van der Waals surface area contributed by atoms with Crippen LogP contribution in [-0.2, 0) is 4.79 Å². The van der Waals surface area contributed by atoms with Crippen LogP contribution in [0.5, 0.6) is 0 Å². The van der Waals surface area contributed by atoms with Crippen molar-refractivity contribution >= 4 is 5.97 Å². The number of hydrogen-bond acceptors (Lipinski definition) is 2. The number of carboxylic acid groups (broad SMARTS) is 1. The molecule has 0 aromatic heterocycles. The molecule has 0 aliphatic heterocycles. The number of hydrogen-bond donors (Lipinski definition) is 1. The van der Waals surface area contributed by atoms with Gasteiger partial charge >= 0.3 is 5.97 Å². The highest BCUT2D eigenvalue weighted by molar-refractivity contribution is 5.66. The van der Waals surface area contributed by atoms with Crippen molar-refractivity contribution in [1.29, 1.82) is 0 Å². The molecule has 0 saturated carbocycles. The molecular weight excluding hydrogens is 142 g/mol. The van der Waals surface area contributed by atoms with Crippen LogP contribution in [0.1, 0.15) is 20.3 Å². The number of nitrogens with zero attached hydrogens (tertiary/aromatic N) is 1. The summed E-state index contributed by atoms with van der Waals surface area (Å²) in [5, 5.41) is 8.45. The Hall–Kier alpha value is -0.570. The highest BCUT2D eigenvalue weighted by Gasteiger charge is 2.08. The first-order chi connectivity index (χ1) is 5.06. The highest BCUT2D eigenvalue weighted by atomic mass is 16.4. The second kappa shape index (κ2) is 5.13. The van der Waals surface area contributed by atoms with Gasteiger partial charge in [0.15, 0.2) is 0 Å². The molecule has 0 aliphatic rings. The highest BCUT2D eigenvalue weighted by Crippen LogP contribution is 2.02. The third kappa shape index (κ3) is 5.85. The van der Waals surface area contributed by atoms with Crippen LogP contribution in [0, 0.1) is 5.92 Å². The molecule has 0 rings (SSSR count). The second-order valence-electron chi connectivity index (χ2n) is 3.06. The monoisotopic (exact) mass is 159 g/mol. The molecule has 3 heteroatoms. The average molecular weight is 159 g/mol. The summed E-state index contributed by atoms with van der Waals surface area (Å²) in [4.78, 5) is 12.4. The van der Waals surface area contributed by atoms with E-state index in [4.69, 9.17) is 5.11 Å². The fourth-order valence-electron chi connectivity index (χ4n) is 1.02. The van der Waals surface area contributed by atoms with Crippen molar-refractivity contribution in [3.63, 3.8) is 0 Å². The van der Waals surface area contributed by atoms with Gasteiger partial charge in [0.05, 0.1) is 0 Å². The zero-order valence-electron chi connectivity index (χ0n) is 7.50. The van der Waals surface area contributed by atoms with Gasteiger partial charge in [0.1, 0.15) is 0 Å². The Labute approximate surface area is 68.0 Å². The minimum absolute atomic E-state index is 0.248. The van der Waals surface area contributed by atoms with Crippen LogP contribution in [-0.4, -0.2) is 36.1 Å². The maximum atomic E-state index is 10.3. The number of carbonyl (C=O) groups is 1. The van der Waals surface area contributed by atoms with E-state index in [0.717, 1.165) is 13.1 Å². The van der Waals surface area contributed by atoms with Crippen LogP contribution in [0.2, 0.25) is 0 Å². The molecule has 1 N–H and O–H groups in total. The molecule has 0 unspecified atom stereocenters. The van der Waals surface area contributed by atoms with E-state index in [2.05, 4.69) is 11.8 Å².